The number of carbonyl (C=O) groups is 3. The van der Waals surface area contributed by atoms with Crippen molar-refractivity contribution < 1.29 is 14.4 Å². The number of anilines is 2. The fourth-order valence-corrected chi connectivity index (χ4v) is 4.20. The minimum Gasteiger partial charge on any atom is -0.325 e. The van der Waals surface area contributed by atoms with Gasteiger partial charge in [0.1, 0.15) is 0 Å². The Labute approximate surface area is 171 Å². The molecule has 1 N–H and O–H groups in total. The molecule has 5 nitrogen and oxygen atoms in total. The highest BCUT2D eigenvalue weighted by atomic mass is 35.5. The number of halogens is 2. The zero-order valence-electron chi connectivity index (χ0n) is 14.4. The van der Waals surface area contributed by atoms with Crippen LogP contribution in [0.3, 0.4) is 0 Å². The van der Waals surface area contributed by atoms with Crippen molar-refractivity contribution in [3.63, 3.8) is 0 Å². The third-order valence-electron chi connectivity index (χ3n) is 4.05. The Morgan fingerprint density at radius 3 is 2.52 bits per heavy atom. The molecule has 140 valence electrons. The zero-order chi connectivity index (χ0) is 19.6. The molecular weight excluding hydrogens is 407 g/mol. The maximum atomic E-state index is 12.6. The highest BCUT2D eigenvalue weighted by Gasteiger charge is 2.40. The van der Waals surface area contributed by atoms with Crippen molar-refractivity contribution in [2.45, 2.75) is 18.6 Å². The molecule has 1 aliphatic heterocycles. The van der Waals surface area contributed by atoms with Crippen molar-refractivity contribution in [3.05, 3.63) is 58.1 Å². The first-order valence-corrected chi connectivity index (χ1v) is 9.95. The van der Waals surface area contributed by atoms with Gasteiger partial charge in [0.2, 0.25) is 17.7 Å². The van der Waals surface area contributed by atoms with Crippen LogP contribution in [0.5, 0.6) is 0 Å². The van der Waals surface area contributed by atoms with E-state index in [0.29, 0.717) is 15.7 Å². The summed E-state index contributed by atoms with van der Waals surface area (Å²) in [6.07, 6.45) is 0.0330. The number of amides is 3. The molecule has 0 aromatic heterocycles. The fraction of sp³-hybridized carbons (Fsp3) is 0.211. The van der Waals surface area contributed by atoms with E-state index in [1.54, 1.807) is 0 Å². The van der Waals surface area contributed by atoms with Gasteiger partial charge in [0.05, 0.1) is 16.7 Å². The van der Waals surface area contributed by atoms with E-state index in [1.807, 2.05) is 31.2 Å². The third-order valence-corrected chi connectivity index (χ3v) is 5.68. The zero-order valence-corrected chi connectivity index (χ0v) is 16.7. The number of aryl methyl sites for hydroxylation is 1. The lowest BCUT2D eigenvalue weighted by Crippen LogP contribution is -2.31. The molecule has 1 aliphatic rings. The van der Waals surface area contributed by atoms with Gasteiger partial charge in [0.15, 0.2) is 0 Å². The Bertz CT molecular complexity index is 899. The molecule has 1 saturated heterocycles. The number of hydrogen-bond acceptors (Lipinski definition) is 4. The first-order valence-electron chi connectivity index (χ1n) is 8.15. The van der Waals surface area contributed by atoms with Gasteiger partial charge in [-0.3, -0.25) is 14.4 Å². The van der Waals surface area contributed by atoms with Gasteiger partial charge in [-0.05, 0) is 36.8 Å². The summed E-state index contributed by atoms with van der Waals surface area (Å²) in [6.45, 7) is 1.90. The number of nitrogens with one attached hydrogen (secondary N) is 1. The Hall–Kier alpha value is -2.02. The Morgan fingerprint density at radius 1 is 1.19 bits per heavy atom. The van der Waals surface area contributed by atoms with Crippen LogP contribution in [0.25, 0.3) is 0 Å². The summed E-state index contributed by atoms with van der Waals surface area (Å²) in [4.78, 5) is 38.2. The number of rotatable bonds is 5. The van der Waals surface area contributed by atoms with Gasteiger partial charge in [0.25, 0.3) is 0 Å². The number of benzene rings is 2. The van der Waals surface area contributed by atoms with Crippen molar-refractivity contribution in [2.75, 3.05) is 16.0 Å². The van der Waals surface area contributed by atoms with Gasteiger partial charge in [-0.2, -0.15) is 0 Å². The molecule has 3 amide bonds. The SMILES string of the molecule is Cc1ccccc1NC(=O)CS[C@H]1CC(=O)N(c2cc(Cl)cc(Cl)c2)C1=O. The molecule has 0 aliphatic carbocycles. The highest BCUT2D eigenvalue weighted by molar-refractivity contribution is 8.01. The van der Waals surface area contributed by atoms with Crippen molar-refractivity contribution in [3.8, 4) is 0 Å². The molecule has 0 radical (unpaired) electrons. The normalized spacial score (nSPS) is 16.7. The van der Waals surface area contributed by atoms with Gasteiger partial charge < -0.3 is 5.32 Å². The van der Waals surface area contributed by atoms with Gasteiger partial charge >= 0.3 is 0 Å². The second kappa shape index (κ2) is 8.33. The van der Waals surface area contributed by atoms with Crippen molar-refractivity contribution in [1.82, 2.24) is 0 Å². The number of hydrogen-bond donors (Lipinski definition) is 1. The smallest absolute Gasteiger partial charge is 0.247 e. The standard InChI is InChI=1S/C19H16Cl2N2O3S/c1-11-4-2-3-5-15(11)22-17(24)10-27-16-9-18(25)23(19(16)26)14-7-12(20)6-13(21)8-14/h2-8,16H,9-10H2,1H3,(H,22,24)/t16-/m0/s1. The molecular formula is C19H16Cl2N2O3S. The van der Waals surface area contributed by atoms with Crippen LogP contribution < -0.4 is 10.2 Å². The predicted molar refractivity (Wildman–Crippen MR) is 110 cm³/mol. The topological polar surface area (TPSA) is 66.5 Å². The van der Waals surface area contributed by atoms with Crippen LogP contribution in [0.4, 0.5) is 11.4 Å². The third kappa shape index (κ3) is 4.64. The average Bonchev–Trinajstić information content (AvgIpc) is 2.88. The maximum Gasteiger partial charge on any atom is 0.247 e. The van der Waals surface area contributed by atoms with Gasteiger partial charge in [-0.1, -0.05) is 41.4 Å². The van der Waals surface area contributed by atoms with Crippen LogP contribution in [0.2, 0.25) is 10.0 Å². The Balaban J connectivity index is 1.63. The van der Waals surface area contributed by atoms with Crippen molar-refractivity contribution in [1.29, 1.82) is 0 Å². The molecule has 3 rings (SSSR count). The van der Waals surface area contributed by atoms with E-state index in [0.717, 1.165) is 27.9 Å². The number of thioether (sulfide) groups is 1. The molecule has 0 spiro atoms. The summed E-state index contributed by atoms with van der Waals surface area (Å²) in [5.41, 5.74) is 2.02. The first-order chi connectivity index (χ1) is 12.8. The summed E-state index contributed by atoms with van der Waals surface area (Å²) < 4.78 is 0. The molecule has 0 bridgehead atoms. The molecule has 1 heterocycles. The Kier molecular flexibility index (Phi) is 6.09. The monoisotopic (exact) mass is 422 g/mol. The van der Waals surface area contributed by atoms with E-state index in [2.05, 4.69) is 5.32 Å². The van der Waals surface area contributed by atoms with Gasteiger partial charge in [-0.15, -0.1) is 11.8 Å². The van der Waals surface area contributed by atoms with E-state index in [4.69, 9.17) is 23.2 Å². The van der Waals surface area contributed by atoms with Crippen LogP contribution in [0.1, 0.15) is 12.0 Å². The quantitative estimate of drug-likeness (QED) is 0.729. The Morgan fingerprint density at radius 2 is 1.85 bits per heavy atom. The molecule has 0 unspecified atom stereocenters. The fourth-order valence-electron chi connectivity index (χ4n) is 2.75. The van der Waals surface area contributed by atoms with Crippen LogP contribution >= 0.6 is 35.0 Å². The lowest BCUT2D eigenvalue weighted by Gasteiger charge is -2.15. The number of imide groups is 1. The van der Waals surface area contributed by atoms with E-state index in [-0.39, 0.29) is 29.9 Å². The van der Waals surface area contributed by atoms with Crippen LogP contribution in [0, 0.1) is 6.92 Å². The minimum absolute atomic E-state index is 0.0330. The van der Waals surface area contributed by atoms with Gasteiger partial charge in [-0.25, -0.2) is 4.90 Å². The number of nitrogens with zero attached hydrogens (tertiary/aromatic N) is 1. The summed E-state index contributed by atoms with van der Waals surface area (Å²) in [5, 5.41) is 2.88. The predicted octanol–water partition coefficient (Wildman–Crippen LogP) is 4.31. The summed E-state index contributed by atoms with van der Waals surface area (Å²) >= 11 is 13.1. The number of para-hydroxylation sites is 1. The summed E-state index contributed by atoms with van der Waals surface area (Å²) in [5.74, 6) is -0.858. The summed E-state index contributed by atoms with van der Waals surface area (Å²) in [7, 11) is 0. The van der Waals surface area contributed by atoms with E-state index >= 15 is 0 Å². The van der Waals surface area contributed by atoms with Crippen LogP contribution in [-0.4, -0.2) is 28.7 Å². The lowest BCUT2D eigenvalue weighted by atomic mass is 10.2. The largest absolute Gasteiger partial charge is 0.325 e. The average molecular weight is 423 g/mol. The molecule has 1 atom stereocenters. The number of carbonyl (C=O) groups excluding carboxylic acids is 3. The van der Waals surface area contributed by atoms with Crippen molar-refractivity contribution in [2.24, 2.45) is 0 Å². The second-order valence-electron chi connectivity index (χ2n) is 6.06. The van der Waals surface area contributed by atoms with Crippen molar-refractivity contribution >= 4 is 64.1 Å². The van der Waals surface area contributed by atoms with Crippen LogP contribution in [0.15, 0.2) is 42.5 Å². The highest BCUT2D eigenvalue weighted by Crippen LogP contribution is 2.33. The molecule has 27 heavy (non-hydrogen) atoms. The molecule has 0 saturated carbocycles. The molecule has 1 fully saturated rings. The maximum absolute atomic E-state index is 12.6. The van der Waals surface area contributed by atoms with E-state index < -0.39 is 5.25 Å². The first kappa shape index (κ1) is 19.7. The molecule has 2 aromatic rings. The summed E-state index contributed by atoms with van der Waals surface area (Å²) in [6, 6.07) is 12.0. The van der Waals surface area contributed by atoms with E-state index in [1.165, 1.54) is 18.2 Å². The second-order valence-corrected chi connectivity index (χ2v) is 8.13. The lowest BCUT2D eigenvalue weighted by molar-refractivity contribution is -0.121. The molecule has 8 heteroatoms. The van der Waals surface area contributed by atoms with Crippen LogP contribution in [-0.2, 0) is 14.4 Å². The van der Waals surface area contributed by atoms with E-state index in [9.17, 15) is 14.4 Å². The molecule has 2 aromatic carbocycles. The van der Waals surface area contributed by atoms with Gasteiger partial charge in [0, 0.05) is 22.2 Å². The minimum atomic E-state index is -0.613.